The molecule has 132 valence electrons. The Morgan fingerprint density at radius 2 is 1.96 bits per heavy atom. The molecule has 3 rings (SSSR count). The van der Waals surface area contributed by atoms with Crippen LogP contribution >= 0.6 is 11.6 Å². The first-order valence-corrected chi connectivity index (χ1v) is 7.94. The first kappa shape index (κ1) is 17.3. The summed E-state index contributed by atoms with van der Waals surface area (Å²) in [5, 5.41) is 4.69. The van der Waals surface area contributed by atoms with E-state index in [1.54, 1.807) is 24.3 Å². The van der Waals surface area contributed by atoms with E-state index >= 15 is 0 Å². The zero-order chi connectivity index (χ0) is 18.1. The topological polar surface area (TPSA) is 72.3 Å². The Morgan fingerprint density at radius 3 is 2.56 bits per heavy atom. The van der Waals surface area contributed by atoms with Crippen molar-refractivity contribution < 1.29 is 13.5 Å². The zero-order valence-corrected chi connectivity index (χ0v) is 14.2. The number of halogens is 3. The number of imidazole rings is 1. The lowest BCUT2D eigenvalue weighted by Gasteiger charge is -2.08. The third-order valence-electron chi connectivity index (χ3n) is 3.51. The molecule has 9 heteroatoms. The molecule has 0 radical (unpaired) electrons. The normalized spacial score (nSPS) is 11.6. The molecule has 0 fully saturated rings. The van der Waals surface area contributed by atoms with E-state index in [0.717, 1.165) is 5.56 Å². The van der Waals surface area contributed by atoms with Crippen molar-refractivity contribution in [2.24, 2.45) is 0 Å². The van der Waals surface area contributed by atoms with Crippen LogP contribution in [0.4, 0.5) is 8.78 Å². The fourth-order valence-corrected chi connectivity index (χ4v) is 2.56. The molecule has 0 bridgehead atoms. The van der Waals surface area contributed by atoms with E-state index in [9.17, 15) is 13.6 Å². The number of aromatic amines is 1. The van der Waals surface area contributed by atoms with Gasteiger partial charge in [0.2, 0.25) is 5.65 Å². The van der Waals surface area contributed by atoms with Crippen LogP contribution in [0.25, 0.3) is 16.9 Å². The van der Waals surface area contributed by atoms with E-state index < -0.39 is 18.6 Å². The number of hydrogen-bond donors (Lipinski definition) is 1. The maximum absolute atomic E-state index is 12.4. The first-order valence-electron chi connectivity index (χ1n) is 7.56. The Balaban J connectivity index is 2.22. The molecule has 3 aromatic rings. The maximum Gasteiger partial charge on any atom is 0.314 e. The number of aromatic nitrogens is 4. The van der Waals surface area contributed by atoms with Crippen molar-refractivity contribution in [1.29, 1.82) is 0 Å². The molecule has 0 unspecified atom stereocenters. The summed E-state index contributed by atoms with van der Waals surface area (Å²) in [5.74, 6) is 0.0113. The third kappa shape index (κ3) is 3.48. The van der Waals surface area contributed by atoms with Gasteiger partial charge >= 0.3 is 6.01 Å². The highest BCUT2D eigenvalue weighted by molar-refractivity contribution is 6.30. The van der Waals surface area contributed by atoms with Crippen molar-refractivity contribution in [3.63, 3.8) is 0 Å². The van der Waals surface area contributed by atoms with Crippen LogP contribution in [0.1, 0.15) is 25.5 Å². The van der Waals surface area contributed by atoms with Crippen molar-refractivity contribution in [3.05, 3.63) is 45.3 Å². The summed E-state index contributed by atoms with van der Waals surface area (Å²) >= 11 is 5.93. The van der Waals surface area contributed by atoms with Gasteiger partial charge in [-0.3, -0.25) is 9.78 Å². The number of benzene rings is 1. The summed E-state index contributed by atoms with van der Waals surface area (Å²) in [4.78, 5) is 18.9. The molecular weight excluding hydrogens is 354 g/mol. The van der Waals surface area contributed by atoms with Crippen molar-refractivity contribution in [2.75, 3.05) is 6.61 Å². The summed E-state index contributed by atoms with van der Waals surface area (Å²) in [7, 11) is 0. The van der Waals surface area contributed by atoms with Crippen LogP contribution in [0.3, 0.4) is 0 Å². The Bertz CT molecular complexity index is 951. The van der Waals surface area contributed by atoms with Crippen molar-refractivity contribution in [3.8, 4) is 17.3 Å². The minimum atomic E-state index is -2.68. The van der Waals surface area contributed by atoms with Crippen LogP contribution in [-0.2, 0) is 0 Å². The largest absolute Gasteiger partial charge is 0.458 e. The average Bonchev–Trinajstić information content (AvgIpc) is 2.94. The predicted molar refractivity (Wildman–Crippen MR) is 89.6 cm³/mol. The average molecular weight is 369 g/mol. The Kier molecular flexibility index (Phi) is 4.71. The number of nitrogens with zero attached hydrogens (tertiary/aromatic N) is 3. The van der Waals surface area contributed by atoms with Crippen LogP contribution in [0.2, 0.25) is 5.02 Å². The molecule has 0 aliphatic heterocycles. The molecule has 1 aromatic carbocycles. The van der Waals surface area contributed by atoms with E-state index in [1.807, 2.05) is 13.8 Å². The van der Waals surface area contributed by atoms with Gasteiger partial charge in [-0.25, -0.2) is 18.3 Å². The van der Waals surface area contributed by atoms with Gasteiger partial charge in [-0.15, -0.1) is 5.10 Å². The Hall–Kier alpha value is -2.48. The summed E-state index contributed by atoms with van der Waals surface area (Å²) < 4.78 is 30.9. The lowest BCUT2D eigenvalue weighted by Crippen LogP contribution is -2.18. The number of hydrogen-bond acceptors (Lipinski definition) is 4. The second kappa shape index (κ2) is 6.79. The van der Waals surface area contributed by atoms with E-state index in [-0.39, 0.29) is 17.6 Å². The van der Waals surface area contributed by atoms with Crippen LogP contribution in [0, 0.1) is 0 Å². The minimum Gasteiger partial charge on any atom is -0.458 e. The Morgan fingerprint density at radius 1 is 1.28 bits per heavy atom. The molecule has 2 aromatic heterocycles. The standard InChI is InChI=1S/C16H15ClF2N4O2/c1-8(2)12-13(9-3-5-10(17)6-4-9)23-14(20-12)15(24)21-16(22-23)25-7-11(18)19/h3-6,8,11H,7H2,1-2H3,(H,21,22,24). The highest BCUT2D eigenvalue weighted by atomic mass is 35.5. The van der Waals surface area contributed by atoms with Crippen LogP contribution in [-0.4, -0.2) is 32.6 Å². The van der Waals surface area contributed by atoms with E-state index in [0.29, 0.717) is 16.4 Å². The lowest BCUT2D eigenvalue weighted by molar-refractivity contribution is 0.0761. The molecule has 0 aliphatic carbocycles. The number of nitrogens with one attached hydrogen (secondary N) is 1. The van der Waals surface area contributed by atoms with E-state index in [4.69, 9.17) is 16.3 Å². The van der Waals surface area contributed by atoms with Crippen LogP contribution in [0.15, 0.2) is 29.1 Å². The second-order valence-corrected chi connectivity index (χ2v) is 6.14. The number of H-pyrrole nitrogens is 1. The van der Waals surface area contributed by atoms with Crippen LogP contribution in [0.5, 0.6) is 6.01 Å². The van der Waals surface area contributed by atoms with Gasteiger partial charge in [0, 0.05) is 10.6 Å². The fourth-order valence-electron chi connectivity index (χ4n) is 2.43. The number of rotatable bonds is 5. The lowest BCUT2D eigenvalue weighted by atomic mass is 10.0. The summed E-state index contributed by atoms with van der Waals surface area (Å²) in [6, 6.07) is 6.69. The molecule has 6 nitrogen and oxygen atoms in total. The van der Waals surface area contributed by atoms with Gasteiger partial charge < -0.3 is 4.74 Å². The fraction of sp³-hybridized carbons (Fsp3) is 0.312. The third-order valence-corrected chi connectivity index (χ3v) is 3.76. The van der Waals surface area contributed by atoms with Crippen LogP contribution < -0.4 is 10.3 Å². The van der Waals surface area contributed by atoms with Gasteiger partial charge in [-0.1, -0.05) is 37.6 Å². The number of fused-ring (bicyclic) bond motifs is 1. The second-order valence-electron chi connectivity index (χ2n) is 5.70. The molecule has 2 heterocycles. The minimum absolute atomic E-state index is 0.0113. The Labute approximate surface area is 146 Å². The van der Waals surface area contributed by atoms with Crippen molar-refractivity contribution >= 4 is 17.2 Å². The summed E-state index contributed by atoms with van der Waals surface area (Å²) in [5.41, 5.74) is 1.50. The van der Waals surface area contributed by atoms with Gasteiger partial charge in [-0.05, 0) is 18.1 Å². The number of ether oxygens (including phenoxy) is 1. The van der Waals surface area contributed by atoms with Gasteiger partial charge in [0.1, 0.15) is 0 Å². The monoisotopic (exact) mass is 368 g/mol. The SMILES string of the molecule is CC(C)c1nc2c(=O)[nH]c(OCC(F)F)nn2c1-c1ccc(Cl)cc1. The van der Waals surface area contributed by atoms with Gasteiger partial charge in [0.25, 0.3) is 12.0 Å². The van der Waals surface area contributed by atoms with Gasteiger partial charge in [-0.2, -0.15) is 0 Å². The van der Waals surface area contributed by atoms with E-state index in [1.165, 1.54) is 4.52 Å². The molecule has 0 spiro atoms. The molecule has 0 amide bonds. The molecule has 1 N–H and O–H groups in total. The maximum atomic E-state index is 12.4. The molecular formula is C16H15ClF2N4O2. The highest BCUT2D eigenvalue weighted by Gasteiger charge is 2.21. The molecule has 0 aliphatic rings. The summed E-state index contributed by atoms with van der Waals surface area (Å²) in [6.45, 7) is 3.00. The molecule has 0 saturated carbocycles. The van der Waals surface area contributed by atoms with Gasteiger partial charge in [0.15, 0.2) is 6.61 Å². The van der Waals surface area contributed by atoms with Gasteiger partial charge in [0.05, 0.1) is 11.4 Å². The first-order chi connectivity index (χ1) is 11.9. The molecule has 0 saturated heterocycles. The van der Waals surface area contributed by atoms with Crippen molar-refractivity contribution in [1.82, 2.24) is 19.6 Å². The summed E-state index contributed by atoms with van der Waals surface area (Å²) in [6.07, 6.45) is -2.68. The van der Waals surface area contributed by atoms with E-state index in [2.05, 4.69) is 15.1 Å². The molecule has 0 atom stereocenters. The zero-order valence-electron chi connectivity index (χ0n) is 13.5. The predicted octanol–water partition coefficient (Wildman–Crippen LogP) is 3.51. The smallest absolute Gasteiger partial charge is 0.314 e. The highest BCUT2D eigenvalue weighted by Crippen LogP contribution is 2.29. The molecule has 25 heavy (non-hydrogen) atoms. The number of alkyl halides is 2. The van der Waals surface area contributed by atoms with Crippen molar-refractivity contribution in [2.45, 2.75) is 26.2 Å². The quantitative estimate of drug-likeness (QED) is 0.748.